The Kier molecular flexibility index (Phi) is 5.14. The highest BCUT2D eigenvalue weighted by atomic mass is 16.7. The third-order valence-corrected chi connectivity index (χ3v) is 9.23. The van der Waals surface area contributed by atoms with Crippen LogP contribution in [-0.4, -0.2) is 22.9 Å². The Morgan fingerprint density at radius 3 is 1.95 bits per heavy atom. The second-order valence-electron chi connectivity index (χ2n) is 12.5. The monoisotopic (exact) mass is 511 g/mol. The summed E-state index contributed by atoms with van der Waals surface area (Å²) in [7, 11) is -0.393. The molecule has 0 N–H and O–H groups in total. The number of aromatic nitrogens is 1. The van der Waals surface area contributed by atoms with E-state index in [2.05, 4.69) is 143 Å². The van der Waals surface area contributed by atoms with Crippen molar-refractivity contribution in [3.63, 3.8) is 0 Å². The number of fused-ring (bicyclic) bond motifs is 5. The van der Waals surface area contributed by atoms with Crippen molar-refractivity contribution in [1.29, 1.82) is 0 Å². The molecule has 4 aromatic carbocycles. The Balaban J connectivity index is 1.42. The molecule has 1 fully saturated rings. The second kappa shape index (κ2) is 8.20. The standard InChI is InChI=1S/C35H34BNO2/c1-33(2)29-21-18-25(36-38-34(3,4)35(5,6)39-36)22-28(29)32-31(33)27-14-10-11-15-30(27)37(32)26-19-16-24(17-20-26)23-12-8-7-9-13-23/h7-22H,1-6H3. The third-order valence-electron chi connectivity index (χ3n) is 9.23. The van der Waals surface area contributed by atoms with Gasteiger partial charge in [-0.1, -0.05) is 92.7 Å². The van der Waals surface area contributed by atoms with Gasteiger partial charge in [-0.05, 0) is 73.6 Å². The molecule has 0 radical (unpaired) electrons. The highest BCUT2D eigenvalue weighted by Gasteiger charge is 2.52. The quantitative estimate of drug-likeness (QED) is 0.230. The number of hydrogen-bond acceptors (Lipinski definition) is 2. The summed E-state index contributed by atoms with van der Waals surface area (Å²) in [6, 6.07) is 35.1. The van der Waals surface area contributed by atoms with Crippen molar-refractivity contribution in [1.82, 2.24) is 4.57 Å². The first-order valence-electron chi connectivity index (χ1n) is 13.9. The van der Waals surface area contributed by atoms with Crippen LogP contribution in [0.5, 0.6) is 0 Å². The Labute approximate surface area is 231 Å². The van der Waals surface area contributed by atoms with Crippen molar-refractivity contribution in [3.05, 3.63) is 108 Å². The number of rotatable bonds is 3. The van der Waals surface area contributed by atoms with Crippen LogP contribution in [0, 0.1) is 0 Å². The van der Waals surface area contributed by atoms with Crippen molar-refractivity contribution in [3.8, 4) is 28.1 Å². The molecule has 1 aliphatic carbocycles. The lowest BCUT2D eigenvalue weighted by molar-refractivity contribution is 0.00578. The van der Waals surface area contributed by atoms with Gasteiger partial charge in [-0.25, -0.2) is 0 Å². The first kappa shape index (κ1) is 24.4. The van der Waals surface area contributed by atoms with Gasteiger partial charge in [0.05, 0.1) is 22.4 Å². The van der Waals surface area contributed by atoms with Crippen LogP contribution in [0.1, 0.15) is 52.7 Å². The molecule has 0 unspecified atom stereocenters. The van der Waals surface area contributed by atoms with Crippen LogP contribution in [-0.2, 0) is 14.7 Å². The van der Waals surface area contributed by atoms with E-state index in [-0.39, 0.29) is 16.6 Å². The largest absolute Gasteiger partial charge is 0.494 e. The van der Waals surface area contributed by atoms with Crippen molar-refractivity contribution >= 4 is 23.5 Å². The normalized spacial score (nSPS) is 18.4. The molecule has 0 spiro atoms. The average molecular weight is 511 g/mol. The predicted octanol–water partition coefficient (Wildman–Crippen LogP) is 7.90. The molecule has 0 bridgehead atoms. The molecule has 3 nitrogen and oxygen atoms in total. The molecule has 2 aliphatic rings. The van der Waals surface area contributed by atoms with Crippen LogP contribution < -0.4 is 5.46 Å². The molecule has 0 atom stereocenters. The lowest BCUT2D eigenvalue weighted by Crippen LogP contribution is -2.41. The maximum atomic E-state index is 6.45. The summed E-state index contributed by atoms with van der Waals surface area (Å²) in [5.41, 5.74) is 10.3. The van der Waals surface area contributed by atoms with Gasteiger partial charge in [0.25, 0.3) is 0 Å². The lowest BCUT2D eigenvalue weighted by atomic mass is 9.76. The van der Waals surface area contributed by atoms with Gasteiger partial charge in [-0.15, -0.1) is 0 Å². The molecule has 194 valence electrons. The summed E-state index contributed by atoms with van der Waals surface area (Å²) in [6.45, 7) is 13.1. The van der Waals surface area contributed by atoms with E-state index in [9.17, 15) is 0 Å². The fraction of sp³-hybridized carbons (Fsp3) is 0.257. The number of para-hydroxylation sites is 1. The Bertz CT molecular complexity index is 1710. The molecule has 0 amide bonds. The minimum Gasteiger partial charge on any atom is -0.399 e. The SMILES string of the molecule is CC1(C)c2ccc(B3OC(C)(C)C(C)(C)O3)cc2-c2c1c1ccccc1n2-c1ccc(-c2ccccc2)cc1. The summed E-state index contributed by atoms with van der Waals surface area (Å²) < 4.78 is 15.3. The zero-order valence-corrected chi connectivity index (χ0v) is 23.6. The second-order valence-corrected chi connectivity index (χ2v) is 12.5. The molecular weight excluding hydrogens is 477 g/mol. The number of nitrogens with zero attached hydrogens (tertiary/aromatic N) is 1. The molecule has 2 heterocycles. The molecule has 5 aromatic rings. The fourth-order valence-electron chi connectivity index (χ4n) is 6.39. The summed E-state index contributed by atoms with van der Waals surface area (Å²) in [5, 5.41) is 1.30. The van der Waals surface area contributed by atoms with Crippen LogP contribution in [0.25, 0.3) is 39.0 Å². The van der Waals surface area contributed by atoms with E-state index in [0.29, 0.717) is 0 Å². The van der Waals surface area contributed by atoms with Gasteiger partial charge >= 0.3 is 7.12 Å². The van der Waals surface area contributed by atoms with Gasteiger partial charge in [-0.3, -0.25) is 0 Å². The van der Waals surface area contributed by atoms with Gasteiger partial charge in [-0.2, -0.15) is 0 Å². The van der Waals surface area contributed by atoms with Crippen molar-refractivity contribution in [2.24, 2.45) is 0 Å². The first-order chi connectivity index (χ1) is 18.6. The molecule has 1 aromatic heterocycles. The van der Waals surface area contributed by atoms with Gasteiger partial charge in [0.2, 0.25) is 0 Å². The van der Waals surface area contributed by atoms with Crippen LogP contribution in [0.3, 0.4) is 0 Å². The third kappa shape index (κ3) is 3.51. The topological polar surface area (TPSA) is 23.4 Å². The summed E-state index contributed by atoms with van der Waals surface area (Å²) in [6.07, 6.45) is 0. The molecular formula is C35H34BNO2. The van der Waals surface area contributed by atoms with Gasteiger partial charge < -0.3 is 13.9 Å². The van der Waals surface area contributed by atoms with Crippen LogP contribution in [0.15, 0.2) is 97.1 Å². The lowest BCUT2D eigenvalue weighted by Gasteiger charge is -2.32. The van der Waals surface area contributed by atoms with E-state index in [1.807, 2.05) is 0 Å². The minimum atomic E-state index is -0.393. The van der Waals surface area contributed by atoms with Gasteiger partial charge in [0.1, 0.15) is 0 Å². The number of hydrogen-bond donors (Lipinski definition) is 0. The zero-order chi connectivity index (χ0) is 27.2. The van der Waals surface area contributed by atoms with Gasteiger partial charge in [0, 0.05) is 22.1 Å². The number of benzene rings is 4. The Morgan fingerprint density at radius 1 is 0.641 bits per heavy atom. The van der Waals surface area contributed by atoms with E-state index in [1.165, 1.54) is 44.4 Å². The fourth-order valence-corrected chi connectivity index (χ4v) is 6.39. The van der Waals surface area contributed by atoms with E-state index >= 15 is 0 Å². The van der Waals surface area contributed by atoms with E-state index < -0.39 is 7.12 Å². The molecule has 39 heavy (non-hydrogen) atoms. The van der Waals surface area contributed by atoms with E-state index in [0.717, 1.165) is 11.2 Å². The zero-order valence-electron chi connectivity index (χ0n) is 23.6. The summed E-state index contributed by atoms with van der Waals surface area (Å²) >= 11 is 0. The van der Waals surface area contributed by atoms with E-state index in [1.54, 1.807) is 0 Å². The maximum absolute atomic E-state index is 6.45. The highest BCUT2D eigenvalue weighted by molar-refractivity contribution is 6.62. The maximum Gasteiger partial charge on any atom is 0.494 e. The predicted molar refractivity (Wildman–Crippen MR) is 162 cm³/mol. The van der Waals surface area contributed by atoms with Crippen molar-refractivity contribution in [2.75, 3.05) is 0 Å². The average Bonchev–Trinajstić information content (AvgIpc) is 3.47. The molecule has 0 saturated carbocycles. The summed E-state index contributed by atoms with van der Waals surface area (Å²) in [4.78, 5) is 0. The Morgan fingerprint density at radius 2 is 1.26 bits per heavy atom. The summed E-state index contributed by atoms with van der Waals surface area (Å²) in [5.74, 6) is 0. The van der Waals surface area contributed by atoms with Crippen LogP contribution >= 0.6 is 0 Å². The van der Waals surface area contributed by atoms with Gasteiger partial charge in [0.15, 0.2) is 0 Å². The molecule has 4 heteroatoms. The highest BCUT2D eigenvalue weighted by Crippen LogP contribution is 2.53. The van der Waals surface area contributed by atoms with Crippen LogP contribution in [0.2, 0.25) is 0 Å². The van der Waals surface area contributed by atoms with Crippen molar-refractivity contribution < 1.29 is 9.31 Å². The molecule has 7 rings (SSSR count). The smallest absolute Gasteiger partial charge is 0.399 e. The minimum absolute atomic E-state index is 0.131. The Hall–Kier alpha value is -3.60. The van der Waals surface area contributed by atoms with Crippen LogP contribution in [0.4, 0.5) is 0 Å². The van der Waals surface area contributed by atoms with E-state index in [4.69, 9.17) is 9.31 Å². The van der Waals surface area contributed by atoms with Crippen molar-refractivity contribution in [2.45, 2.75) is 58.2 Å². The first-order valence-corrected chi connectivity index (χ1v) is 13.9. The molecule has 1 saturated heterocycles. The molecule has 1 aliphatic heterocycles.